The van der Waals surface area contributed by atoms with Crippen molar-refractivity contribution in [1.29, 1.82) is 0 Å². The fourth-order valence-corrected chi connectivity index (χ4v) is 1.22. The summed E-state index contributed by atoms with van der Waals surface area (Å²) < 4.78 is 0. The monoisotopic (exact) mass is 172 g/mol. The molecular weight excluding hydrogens is 160 g/mol. The van der Waals surface area contributed by atoms with Gasteiger partial charge in [-0.3, -0.25) is 9.69 Å². The predicted octanol–water partition coefficient (Wildman–Crippen LogP) is -0.345. The highest BCUT2D eigenvalue weighted by molar-refractivity contribution is 5.92. The van der Waals surface area contributed by atoms with Crippen molar-refractivity contribution in [3.63, 3.8) is 0 Å². The Hall–Kier alpha value is -1.10. The molecule has 1 unspecified atom stereocenters. The number of rotatable bonds is 2. The van der Waals surface area contributed by atoms with Crippen LogP contribution in [0.5, 0.6) is 0 Å². The number of carbonyl (C=O) groups is 2. The normalized spacial score (nSPS) is 24.5. The Kier molecular flexibility index (Phi) is 2.32. The second kappa shape index (κ2) is 3.10. The van der Waals surface area contributed by atoms with Crippen LogP contribution in [-0.2, 0) is 4.79 Å². The maximum absolute atomic E-state index is 11.2. The number of Topliss-reactive ketones (excluding diaryl/α,β-unsaturated/α-hetero) is 1. The zero-order chi connectivity index (χ0) is 9.30. The van der Waals surface area contributed by atoms with Gasteiger partial charge in [0.15, 0.2) is 5.78 Å². The molecule has 0 aromatic rings. The molecule has 3 N–H and O–H groups in total. The maximum atomic E-state index is 11.2. The van der Waals surface area contributed by atoms with Gasteiger partial charge in [0.25, 0.3) is 0 Å². The molecule has 2 atom stereocenters. The molecule has 0 bridgehead atoms. The standard InChI is InChI=1S/C7H12N2O3/c1-4(8)6(10)5-2-3-9(5)7(11)12/h4-5H,2-3,8H2,1H3,(H,11,12)/t4-,5?/m0/s1. The molecule has 1 amide bonds. The van der Waals surface area contributed by atoms with E-state index in [2.05, 4.69) is 0 Å². The van der Waals surface area contributed by atoms with Gasteiger partial charge in [-0.2, -0.15) is 0 Å². The highest BCUT2D eigenvalue weighted by Crippen LogP contribution is 2.18. The zero-order valence-corrected chi connectivity index (χ0v) is 6.86. The van der Waals surface area contributed by atoms with Crippen molar-refractivity contribution in [2.24, 2.45) is 5.73 Å². The van der Waals surface area contributed by atoms with E-state index >= 15 is 0 Å². The third-order valence-electron chi connectivity index (χ3n) is 2.04. The van der Waals surface area contributed by atoms with Crippen molar-refractivity contribution in [3.8, 4) is 0 Å². The fourth-order valence-electron chi connectivity index (χ4n) is 1.22. The average molecular weight is 172 g/mol. The molecule has 5 heteroatoms. The highest BCUT2D eigenvalue weighted by atomic mass is 16.4. The lowest BCUT2D eigenvalue weighted by Crippen LogP contribution is -2.57. The number of carbonyl (C=O) groups excluding carboxylic acids is 1. The highest BCUT2D eigenvalue weighted by Gasteiger charge is 2.38. The first-order chi connectivity index (χ1) is 5.54. The van der Waals surface area contributed by atoms with Gasteiger partial charge in [-0.05, 0) is 13.3 Å². The van der Waals surface area contributed by atoms with Crippen LogP contribution in [-0.4, -0.2) is 40.5 Å². The van der Waals surface area contributed by atoms with Gasteiger partial charge >= 0.3 is 6.09 Å². The van der Waals surface area contributed by atoms with Gasteiger partial charge in [0.1, 0.15) is 0 Å². The first-order valence-corrected chi connectivity index (χ1v) is 3.83. The van der Waals surface area contributed by atoms with Crippen molar-refractivity contribution in [1.82, 2.24) is 4.90 Å². The maximum Gasteiger partial charge on any atom is 0.407 e. The number of ketones is 1. The van der Waals surface area contributed by atoms with E-state index in [4.69, 9.17) is 10.8 Å². The lowest BCUT2D eigenvalue weighted by atomic mass is 9.96. The van der Waals surface area contributed by atoms with E-state index in [9.17, 15) is 9.59 Å². The summed E-state index contributed by atoms with van der Waals surface area (Å²) in [6, 6.07) is -1.07. The topological polar surface area (TPSA) is 83.6 Å². The summed E-state index contributed by atoms with van der Waals surface area (Å²) >= 11 is 0. The second-order valence-electron chi connectivity index (χ2n) is 2.97. The van der Waals surface area contributed by atoms with E-state index in [0.29, 0.717) is 13.0 Å². The molecule has 1 rings (SSSR count). The van der Waals surface area contributed by atoms with E-state index in [0.717, 1.165) is 4.90 Å². The molecule has 1 fully saturated rings. The molecule has 0 aromatic carbocycles. The molecular formula is C7H12N2O3. The number of nitrogens with two attached hydrogens (primary N) is 1. The number of hydrogen-bond acceptors (Lipinski definition) is 3. The number of hydrogen-bond donors (Lipinski definition) is 2. The summed E-state index contributed by atoms with van der Waals surface area (Å²) in [5, 5.41) is 8.57. The van der Waals surface area contributed by atoms with Gasteiger partial charge in [0, 0.05) is 6.54 Å². The molecule has 0 aliphatic carbocycles. The molecule has 0 radical (unpaired) electrons. The summed E-state index contributed by atoms with van der Waals surface area (Å²) in [4.78, 5) is 22.8. The minimum Gasteiger partial charge on any atom is -0.465 e. The van der Waals surface area contributed by atoms with Crippen LogP contribution < -0.4 is 5.73 Å². The molecule has 68 valence electrons. The molecule has 1 aliphatic heterocycles. The molecule has 0 aromatic heterocycles. The van der Waals surface area contributed by atoms with E-state index in [-0.39, 0.29) is 5.78 Å². The van der Waals surface area contributed by atoms with E-state index in [1.807, 2.05) is 0 Å². The quantitative estimate of drug-likeness (QED) is 0.596. The van der Waals surface area contributed by atoms with E-state index < -0.39 is 18.2 Å². The van der Waals surface area contributed by atoms with Gasteiger partial charge < -0.3 is 10.8 Å². The molecule has 1 heterocycles. The van der Waals surface area contributed by atoms with Crippen LogP contribution in [0.3, 0.4) is 0 Å². The first kappa shape index (κ1) is 8.99. The fraction of sp³-hybridized carbons (Fsp3) is 0.714. The van der Waals surface area contributed by atoms with Crippen molar-refractivity contribution in [3.05, 3.63) is 0 Å². The van der Waals surface area contributed by atoms with Crippen molar-refractivity contribution in [2.75, 3.05) is 6.54 Å². The third kappa shape index (κ3) is 1.40. The summed E-state index contributed by atoms with van der Waals surface area (Å²) in [5.74, 6) is -0.191. The molecule has 5 nitrogen and oxygen atoms in total. The predicted molar refractivity (Wildman–Crippen MR) is 41.8 cm³/mol. The van der Waals surface area contributed by atoms with Crippen LogP contribution >= 0.6 is 0 Å². The van der Waals surface area contributed by atoms with E-state index in [1.165, 1.54) is 0 Å². The first-order valence-electron chi connectivity index (χ1n) is 3.83. The van der Waals surface area contributed by atoms with E-state index in [1.54, 1.807) is 6.92 Å². The Labute approximate surface area is 70.1 Å². The largest absolute Gasteiger partial charge is 0.465 e. The summed E-state index contributed by atoms with van der Waals surface area (Å²) in [5.41, 5.74) is 5.34. The minimum atomic E-state index is -1.04. The molecule has 0 spiro atoms. The van der Waals surface area contributed by atoms with Crippen molar-refractivity contribution >= 4 is 11.9 Å². The summed E-state index contributed by atoms with van der Waals surface area (Å²) in [7, 11) is 0. The molecule has 1 saturated heterocycles. The average Bonchev–Trinajstić information content (AvgIpc) is 1.82. The Morgan fingerprint density at radius 3 is 2.50 bits per heavy atom. The molecule has 12 heavy (non-hydrogen) atoms. The number of likely N-dealkylation sites (tertiary alicyclic amines) is 1. The Balaban J connectivity index is 2.55. The lowest BCUT2D eigenvalue weighted by molar-refractivity contribution is -0.128. The summed E-state index contributed by atoms with van der Waals surface area (Å²) in [6.45, 7) is 2.01. The van der Waals surface area contributed by atoms with Gasteiger partial charge in [-0.25, -0.2) is 4.79 Å². The molecule has 0 saturated carbocycles. The third-order valence-corrected chi connectivity index (χ3v) is 2.04. The van der Waals surface area contributed by atoms with Crippen LogP contribution in [0, 0.1) is 0 Å². The van der Waals surface area contributed by atoms with Crippen molar-refractivity contribution in [2.45, 2.75) is 25.4 Å². The van der Waals surface area contributed by atoms with Gasteiger partial charge in [0.05, 0.1) is 12.1 Å². The number of nitrogens with zero attached hydrogens (tertiary/aromatic N) is 1. The van der Waals surface area contributed by atoms with Crippen LogP contribution in [0.1, 0.15) is 13.3 Å². The lowest BCUT2D eigenvalue weighted by Gasteiger charge is -2.38. The number of carboxylic acid groups (broad SMARTS) is 1. The number of amides is 1. The smallest absolute Gasteiger partial charge is 0.407 e. The van der Waals surface area contributed by atoms with Crippen LogP contribution in [0.15, 0.2) is 0 Å². The van der Waals surface area contributed by atoms with Gasteiger partial charge in [-0.1, -0.05) is 0 Å². The van der Waals surface area contributed by atoms with Crippen LogP contribution in [0.4, 0.5) is 4.79 Å². The van der Waals surface area contributed by atoms with Gasteiger partial charge in [0.2, 0.25) is 0 Å². The van der Waals surface area contributed by atoms with Crippen molar-refractivity contribution < 1.29 is 14.7 Å². The van der Waals surface area contributed by atoms with Gasteiger partial charge in [-0.15, -0.1) is 0 Å². The second-order valence-corrected chi connectivity index (χ2v) is 2.97. The minimum absolute atomic E-state index is 0.191. The zero-order valence-electron chi connectivity index (χ0n) is 6.86. The van der Waals surface area contributed by atoms with Crippen LogP contribution in [0.2, 0.25) is 0 Å². The Morgan fingerprint density at radius 1 is 1.67 bits per heavy atom. The summed E-state index contributed by atoms with van der Waals surface area (Å²) in [6.07, 6.45) is -0.438. The van der Waals surface area contributed by atoms with Crippen LogP contribution in [0.25, 0.3) is 0 Å². The molecule has 1 aliphatic rings. The Morgan fingerprint density at radius 2 is 2.25 bits per heavy atom. The SMILES string of the molecule is C[C@H](N)C(=O)C1CCN1C(=O)O. The Bertz CT molecular complexity index is 215.